The molecule has 0 amide bonds. The van der Waals surface area contributed by atoms with E-state index in [1.807, 2.05) is 10.9 Å². The molecule has 0 atom stereocenters. The molecule has 0 unspecified atom stereocenters. The zero-order chi connectivity index (χ0) is 14.3. The van der Waals surface area contributed by atoms with Crippen molar-refractivity contribution >= 4 is 11.2 Å². The Morgan fingerprint density at radius 1 is 1.05 bits per heavy atom. The van der Waals surface area contributed by atoms with Gasteiger partial charge in [0.2, 0.25) is 0 Å². The third-order valence-electron chi connectivity index (χ3n) is 3.43. The van der Waals surface area contributed by atoms with E-state index in [2.05, 4.69) is 57.4 Å². The minimum Gasteiger partial charge on any atom is -0.311 e. The summed E-state index contributed by atoms with van der Waals surface area (Å²) in [6.45, 7) is 0.804. The van der Waals surface area contributed by atoms with Crippen LogP contribution in [0.2, 0.25) is 0 Å². The fraction of sp³-hybridized carbons (Fsp3) is 0.235. The van der Waals surface area contributed by atoms with E-state index in [0.717, 1.165) is 30.6 Å². The monoisotopic (exact) mass is 278 g/mol. The Kier molecular flexibility index (Phi) is 4.36. The number of aryl methyl sites for hydroxylation is 1. The van der Waals surface area contributed by atoms with Crippen molar-refractivity contribution in [3.05, 3.63) is 66.9 Å². The molecule has 0 aliphatic rings. The summed E-state index contributed by atoms with van der Waals surface area (Å²) in [4.78, 5) is 12.5. The van der Waals surface area contributed by atoms with E-state index in [4.69, 9.17) is 0 Å². The van der Waals surface area contributed by atoms with Crippen molar-refractivity contribution in [2.75, 3.05) is 0 Å². The topological polar surface area (TPSA) is 43.6 Å². The zero-order valence-electron chi connectivity index (χ0n) is 11.9. The number of hydrogen-bond acceptors (Lipinski definition) is 3. The lowest BCUT2D eigenvalue weighted by molar-refractivity contribution is 0.812. The average molecular weight is 278 g/mol. The molecule has 0 saturated carbocycles. The summed E-state index contributed by atoms with van der Waals surface area (Å²) in [5.41, 5.74) is 3.14. The highest BCUT2D eigenvalue weighted by Crippen LogP contribution is 2.08. The Balaban J connectivity index is 1.47. The minimum atomic E-state index is 0.804. The summed E-state index contributed by atoms with van der Waals surface area (Å²) in [5.74, 6) is 0. The van der Waals surface area contributed by atoms with Crippen LogP contribution in [0.4, 0.5) is 0 Å². The molecule has 4 nitrogen and oxygen atoms in total. The summed E-state index contributed by atoms with van der Waals surface area (Å²) in [6, 6.07) is 10.6. The van der Waals surface area contributed by atoms with Gasteiger partial charge in [0.15, 0.2) is 5.65 Å². The number of hydrogen-bond donors (Lipinski definition) is 0. The van der Waals surface area contributed by atoms with E-state index in [9.17, 15) is 0 Å². The van der Waals surface area contributed by atoms with Gasteiger partial charge in [-0.3, -0.25) is 0 Å². The predicted molar refractivity (Wildman–Crippen MR) is 83.8 cm³/mol. The lowest BCUT2D eigenvalue weighted by Gasteiger charge is -1.99. The molecular formula is C17H18N4. The standard InChI is InChI=1S/C17H18N4/c1(4-8-15-9-5-3-6-10-15)2-7-11-21-14-20-16-12-18-13-19-17(16)21/h2-3,5-7,9-10,12-14H,1,4,8,11H2/b7-2+. The second kappa shape index (κ2) is 6.79. The molecular weight excluding hydrogens is 260 g/mol. The normalized spacial score (nSPS) is 11.4. The van der Waals surface area contributed by atoms with E-state index in [0.29, 0.717) is 0 Å². The number of unbranched alkanes of at least 4 members (excludes halogenated alkanes) is 1. The van der Waals surface area contributed by atoms with Crippen molar-refractivity contribution in [2.24, 2.45) is 0 Å². The van der Waals surface area contributed by atoms with Gasteiger partial charge < -0.3 is 4.57 Å². The highest BCUT2D eigenvalue weighted by Gasteiger charge is 2.00. The van der Waals surface area contributed by atoms with E-state index >= 15 is 0 Å². The summed E-state index contributed by atoms with van der Waals surface area (Å²) in [5, 5.41) is 0. The number of benzene rings is 1. The zero-order valence-corrected chi connectivity index (χ0v) is 11.9. The van der Waals surface area contributed by atoms with E-state index in [1.165, 1.54) is 12.0 Å². The molecule has 0 saturated heterocycles. The first-order valence-electron chi connectivity index (χ1n) is 7.23. The first-order valence-corrected chi connectivity index (χ1v) is 7.23. The molecule has 0 N–H and O–H groups in total. The van der Waals surface area contributed by atoms with Gasteiger partial charge in [-0.2, -0.15) is 0 Å². The molecule has 3 aromatic rings. The first-order chi connectivity index (χ1) is 10.4. The van der Waals surface area contributed by atoms with Crippen LogP contribution < -0.4 is 0 Å². The van der Waals surface area contributed by atoms with Crippen LogP contribution in [0.15, 0.2) is 61.3 Å². The van der Waals surface area contributed by atoms with Crippen molar-refractivity contribution in [1.29, 1.82) is 0 Å². The third kappa shape index (κ3) is 3.54. The number of rotatable bonds is 6. The number of aromatic nitrogens is 4. The largest absolute Gasteiger partial charge is 0.311 e. The Hall–Kier alpha value is -2.49. The fourth-order valence-electron chi connectivity index (χ4n) is 2.32. The van der Waals surface area contributed by atoms with Crippen molar-refractivity contribution in [1.82, 2.24) is 19.5 Å². The van der Waals surface area contributed by atoms with Gasteiger partial charge in [-0.05, 0) is 24.8 Å². The van der Waals surface area contributed by atoms with Gasteiger partial charge in [-0.15, -0.1) is 0 Å². The molecule has 4 heteroatoms. The SMILES string of the molecule is C(=C\Cn1cnc2cncnc21)/CCCc1ccccc1. The summed E-state index contributed by atoms with van der Waals surface area (Å²) >= 11 is 0. The number of nitrogens with zero attached hydrogens (tertiary/aromatic N) is 4. The van der Waals surface area contributed by atoms with Crippen molar-refractivity contribution < 1.29 is 0 Å². The molecule has 2 heterocycles. The van der Waals surface area contributed by atoms with Crippen molar-refractivity contribution in [2.45, 2.75) is 25.8 Å². The second-order valence-electron chi connectivity index (χ2n) is 4.98. The Morgan fingerprint density at radius 2 is 1.95 bits per heavy atom. The lowest BCUT2D eigenvalue weighted by Crippen LogP contribution is -1.94. The molecule has 2 aromatic heterocycles. The summed E-state index contributed by atoms with van der Waals surface area (Å²) in [6.07, 6.45) is 12.9. The van der Waals surface area contributed by atoms with Gasteiger partial charge in [0.05, 0.1) is 12.5 Å². The van der Waals surface area contributed by atoms with Gasteiger partial charge in [0.1, 0.15) is 11.8 Å². The van der Waals surface area contributed by atoms with Crippen LogP contribution in [0, 0.1) is 0 Å². The highest BCUT2D eigenvalue weighted by atomic mass is 15.1. The molecule has 0 spiro atoms. The van der Waals surface area contributed by atoms with Gasteiger partial charge >= 0.3 is 0 Å². The summed E-state index contributed by atoms with van der Waals surface area (Å²) < 4.78 is 2.03. The number of imidazole rings is 1. The summed E-state index contributed by atoms with van der Waals surface area (Å²) in [7, 11) is 0. The first kappa shape index (κ1) is 13.5. The van der Waals surface area contributed by atoms with Crippen LogP contribution in [-0.2, 0) is 13.0 Å². The maximum absolute atomic E-state index is 4.28. The maximum Gasteiger partial charge on any atom is 0.163 e. The molecule has 0 fully saturated rings. The molecule has 1 aromatic carbocycles. The molecule has 3 rings (SSSR count). The predicted octanol–water partition coefficient (Wildman–Crippen LogP) is 3.41. The highest BCUT2D eigenvalue weighted by molar-refractivity contribution is 5.68. The van der Waals surface area contributed by atoms with Crippen LogP contribution in [0.5, 0.6) is 0 Å². The van der Waals surface area contributed by atoms with Crippen LogP contribution in [0.25, 0.3) is 11.2 Å². The van der Waals surface area contributed by atoms with Gasteiger partial charge in [-0.25, -0.2) is 15.0 Å². The number of fused-ring (bicyclic) bond motifs is 1. The Labute approximate surface area is 124 Å². The Morgan fingerprint density at radius 3 is 2.86 bits per heavy atom. The van der Waals surface area contributed by atoms with Crippen molar-refractivity contribution in [3.63, 3.8) is 0 Å². The van der Waals surface area contributed by atoms with Gasteiger partial charge in [-0.1, -0.05) is 42.5 Å². The number of allylic oxidation sites excluding steroid dienone is 2. The second-order valence-corrected chi connectivity index (χ2v) is 4.98. The van der Waals surface area contributed by atoms with E-state index in [-0.39, 0.29) is 0 Å². The molecule has 0 aliphatic heterocycles. The van der Waals surface area contributed by atoms with E-state index in [1.54, 1.807) is 12.5 Å². The molecule has 0 bridgehead atoms. The van der Waals surface area contributed by atoms with Crippen LogP contribution in [0.1, 0.15) is 18.4 Å². The van der Waals surface area contributed by atoms with Gasteiger partial charge in [0.25, 0.3) is 0 Å². The van der Waals surface area contributed by atoms with Crippen molar-refractivity contribution in [3.8, 4) is 0 Å². The van der Waals surface area contributed by atoms with Crippen LogP contribution in [-0.4, -0.2) is 19.5 Å². The fourth-order valence-corrected chi connectivity index (χ4v) is 2.32. The quantitative estimate of drug-likeness (QED) is 0.512. The third-order valence-corrected chi connectivity index (χ3v) is 3.43. The average Bonchev–Trinajstić information content (AvgIpc) is 2.95. The smallest absolute Gasteiger partial charge is 0.163 e. The minimum absolute atomic E-state index is 0.804. The molecule has 0 radical (unpaired) electrons. The lowest BCUT2D eigenvalue weighted by atomic mass is 10.1. The van der Waals surface area contributed by atoms with E-state index < -0.39 is 0 Å². The molecule has 0 aliphatic carbocycles. The van der Waals surface area contributed by atoms with Crippen LogP contribution in [0.3, 0.4) is 0 Å². The van der Waals surface area contributed by atoms with Gasteiger partial charge in [0, 0.05) is 6.54 Å². The molecule has 21 heavy (non-hydrogen) atoms. The van der Waals surface area contributed by atoms with Crippen LogP contribution >= 0.6 is 0 Å². The maximum atomic E-state index is 4.28. The molecule has 106 valence electrons. The Bertz CT molecular complexity index is 716.